The van der Waals surface area contributed by atoms with Gasteiger partial charge in [0.1, 0.15) is 0 Å². The van der Waals surface area contributed by atoms with E-state index in [1.54, 1.807) is 19.2 Å². The molecule has 0 atom stereocenters. The molecule has 1 aliphatic rings. The van der Waals surface area contributed by atoms with Crippen LogP contribution in [0, 0.1) is 6.92 Å². The van der Waals surface area contributed by atoms with Crippen molar-refractivity contribution < 1.29 is 12.9 Å². The predicted octanol–water partition coefficient (Wildman–Crippen LogP) is 0.345. The Kier molecular flexibility index (Phi) is 3.34. The molecule has 0 radical (unpaired) electrons. The van der Waals surface area contributed by atoms with Crippen LogP contribution in [-0.2, 0) is 15.6 Å². The number of hydrogen-bond acceptors (Lipinski definition) is 6. The number of rotatable bonds is 3. The van der Waals surface area contributed by atoms with E-state index in [0.29, 0.717) is 37.6 Å². The topological polar surface area (TPSA) is 118 Å². The molecule has 3 rings (SSSR count). The van der Waals surface area contributed by atoms with Crippen LogP contribution in [0.25, 0.3) is 0 Å². The van der Waals surface area contributed by atoms with Gasteiger partial charge in [0.25, 0.3) is 0 Å². The highest BCUT2D eigenvalue weighted by atomic mass is 32.2. The van der Waals surface area contributed by atoms with Crippen LogP contribution in [0.15, 0.2) is 27.9 Å². The quantitative estimate of drug-likeness (QED) is 0.844. The number of hydrogen-bond donors (Lipinski definition) is 2. The normalized spacial score (nSPS) is 19.7. The molecule has 3 heterocycles. The minimum absolute atomic E-state index is 0.266. The van der Waals surface area contributed by atoms with Gasteiger partial charge in [-0.15, -0.1) is 0 Å². The van der Waals surface area contributed by atoms with Gasteiger partial charge in [0, 0.05) is 32.4 Å². The number of sulfonamides is 1. The van der Waals surface area contributed by atoms with Crippen LogP contribution in [0.2, 0.25) is 0 Å². The molecule has 114 valence electrons. The van der Waals surface area contributed by atoms with E-state index in [1.165, 1.54) is 10.5 Å². The maximum Gasteiger partial charge on any atom is 0.244 e. The molecule has 1 fully saturated rings. The summed E-state index contributed by atoms with van der Waals surface area (Å²) >= 11 is 0. The van der Waals surface area contributed by atoms with Crippen LogP contribution in [0.5, 0.6) is 0 Å². The molecule has 2 aromatic rings. The zero-order valence-corrected chi connectivity index (χ0v) is 12.4. The first-order chi connectivity index (χ1) is 9.92. The SMILES string of the molecule is Cc1nc(C2(N)CCN(S(=O)(=O)c3cc[nH]c3)CC2)no1. The van der Waals surface area contributed by atoms with Crippen LogP contribution in [0.4, 0.5) is 0 Å². The lowest BCUT2D eigenvalue weighted by Gasteiger charge is -2.36. The van der Waals surface area contributed by atoms with Crippen molar-refractivity contribution in [3.63, 3.8) is 0 Å². The average Bonchev–Trinajstić information content (AvgIpc) is 3.10. The summed E-state index contributed by atoms with van der Waals surface area (Å²) < 4.78 is 31.2. The van der Waals surface area contributed by atoms with Gasteiger partial charge in [-0.2, -0.15) is 9.29 Å². The molecule has 9 heteroatoms. The van der Waals surface area contributed by atoms with Crippen molar-refractivity contribution in [3.05, 3.63) is 30.2 Å². The first-order valence-electron chi connectivity index (χ1n) is 6.64. The van der Waals surface area contributed by atoms with Crippen molar-refractivity contribution in [2.24, 2.45) is 5.73 Å². The molecule has 0 saturated carbocycles. The third-order valence-corrected chi connectivity index (χ3v) is 5.69. The molecule has 0 bridgehead atoms. The molecular formula is C12H17N5O3S. The largest absolute Gasteiger partial charge is 0.366 e. The van der Waals surface area contributed by atoms with Gasteiger partial charge >= 0.3 is 0 Å². The summed E-state index contributed by atoms with van der Waals surface area (Å²) in [6.07, 6.45) is 3.97. The van der Waals surface area contributed by atoms with Gasteiger partial charge in [-0.25, -0.2) is 8.42 Å². The van der Waals surface area contributed by atoms with Crippen molar-refractivity contribution in [1.82, 2.24) is 19.4 Å². The number of piperidine rings is 1. The number of aromatic amines is 1. The predicted molar refractivity (Wildman–Crippen MR) is 73.7 cm³/mol. The van der Waals surface area contributed by atoms with E-state index in [0.717, 1.165) is 0 Å². The fourth-order valence-electron chi connectivity index (χ4n) is 2.47. The Labute approximate surface area is 122 Å². The summed E-state index contributed by atoms with van der Waals surface area (Å²) in [6.45, 7) is 2.36. The molecule has 0 aliphatic carbocycles. The standard InChI is InChI=1S/C12H17N5O3S/c1-9-15-11(16-20-9)12(13)3-6-17(7-4-12)21(18,19)10-2-5-14-8-10/h2,5,8,14H,3-4,6-7,13H2,1H3. The van der Waals surface area contributed by atoms with E-state index in [4.69, 9.17) is 10.3 Å². The Balaban J connectivity index is 1.76. The number of aryl methyl sites for hydroxylation is 1. The van der Waals surface area contributed by atoms with Gasteiger partial charge in [-0.05, 0) is 18.9 Å². The molecule has 8 nitrogen and oxygen atoms in total. The number of nitrogens with zero attached hydrogens (tertiary/aromatic N) is 3. The van der Waals surface area contributed by atoms with E-state index in [1.807, 2.05) is 0 Å². The molecule has 0 aromatic carbocycles. The average molecular weight is 311 g/mol. The van der Waals surface area contributed by atoms with E-state index in [2.05, 4.69) is 15.1 Å². The molecule has 0 spiro atoms. The van der Waals surface area contributed by atoms with Crippen LogP contribution >= 0.6 is 0 Å². The van der Waals surface area contributed by atoms with E-state index in [-0.39, 0.29) is 4.90 Å². The smallest absolute Gasteiger partial charge is 0.244 e. The Morgan fingerprint density at radius 1 is 1.43 bits per heavy atom. The third-order valence-electron chi connectivity index (χ3n) is 3.79. The highest BCUT2D eigenvalue weighted by Crippen LogP contribution is 2.30. The number of nitrogens with two attached hydrogens (primary N) is 1. The molecule has 0 amide bonds. The summed E-state index contributed by atoms with van der Waals surface area (Å²) in [5.41, 5.74) is 5.57. The Bertz CT molecular complexity index is 714. The van der Waals surface area contributed by atoms with Gasteiger partial charge in [-0.1, -0.05) is 5.16 Å². The summed E-state index contributed by atoms with van der Waals surface area (Å²) in [6, 6.07) is 1.54. The van der Waals surface area contributed by atoms with Crippen molar-refractivity contribution in [3.8, 4) is 0 Å². The number of aromatic nitrogens is 3. The maximum absolute atomic E-state index is 12.4. The Morgan fingerprint density at radius 3 is 2.67 bits per heavy atom. The van der Waals surface area contributed by atoms with Gasteiger partial charge in [0.05, 0.1) is 10.4 Å². The monoisotopic (exact) mass is 311 g/mol. The highest BCUT2D eigenvalue weighted by Gasteiger charge is 2.40. The van der Waals surface area contributed by atoms with Crippen molar-refractivity contribution in [2.75, 3.05) is 13.1 Å². The molecule has 21 heavy (non-hydrogen) atoms. The van der Waals surface area contributed by atoms with Crippen molar-refractivity contribution in [2.45, 2.75) is 30.2 Å². The van der Waals surface area contributed by atoms with Crippen molar-refractivity contribution >= 4 is 10.0 Å². The number of H-pyrrole nitrogens is 1. The van der Waals surface area contributed by atoms with Gasteiger partial charge in [0.15, 0.2) is 5.82 Å². The molecular weight excluding hydrogens is 294 g/mol. The second-order valence-corrected chi connectivity index (χ2v) is 7.18. The van der Waals surface area contributed by atoms with E-state index < -0.39 is 15.6 Å². The molecule has 1 saturated heterocycles. The molecule has 0 unspecified atom stereocenters. The zero-order chi connectivity index (χ0) is 15.1. The fraction of sp³-hybridized carbons (Fsp3) is 0.500. The lowest BCUT2D eigenvalue weighted by Crippen LogP contribution is -2.50. The first kappa shape index (κ1) is 14.2. The highest BCUT2D eigenvalue weighted by molar-refractivity contribution is 7.89. The minimum Gasteiger partial charge on any atom is -0.366 e. The molecule has 1 aliphatic heterocycles. The lowest BCUT2D eigenvalue weighted by atomic mass is 9.89. The fourth-order valence-corrected chi connectivity index (χ4v) is 3.89. The van der Waals surface area contributed by atoms with Gasteiger partial charge in [0.2, 0.25) is 15.9 Å². The summed E-state index contributed by atoms with van der Waals surface area (Å²) in [7, 11) is -3.46. The summed E-state index contributed by atoms with van der Waals surface area (Å²) in [5.74, 6) is 0.899. The van der Waals surface area contributed by atoms with Crippen LogP contribution < -0.4 is 5.73 Å². The van der Waals surface area contributed by atoms with Crippen LogP contribution in [-0.4, -0.2) is 40.9 Å². The first-order valence-corrected chi connectivity index (χ1v) is 8.08. The Morgan fingerprint density at radius 2 is 2.14 bits per heavy atom. The number of nitrogens with one attached hydrogen (secondary N) is 1. The third kappa shape index (κ3) is 2.47. The van der Waals surface area contributed by atoms with E-state index >= 15 is 0 Å². The maximum atomic E-state index is 12.4. The summed E-state index contributed by atoms with van der Waals surface area (Å²) in [5, 5.41) is 3.86. The van der Waals surface area contributed by atoms with Crippen LogP contribution in [0.3, 0.4) is 0 Å². The van der Waals surface area contributed by atoms with Crippen LogP contribution in [0.1, 0.15) is 24.6 Å². The second kappa shape index (κ2) is 4.93. The second-order valence-electron chi connectivity index (χ2n) is 5.24. The Hall–Kier alpha value is -1.71. The lowest BCUT2D eigenvalue weighted by molar-refractivity contribution is 0.222. The van der Waals surface area contributed by atoms with Crippen molar-refractivity contribution in [1.29, 1.82) is 0 Å². The molecule has 3 N–H and O–H groups in total. The summed E-state index contributed by atoms with van der Waals surface area (Å²) in [4.78, 5) is 7.19. The van der Waals surface area contributed by atoms with Gasteiger partial charge < -0.3 is 15.2 Å². The van der Waals surface area contributed by atoms with Gasteiger partial charge in [-0.3, -0.25) is 0 Å². The zero-order valence-electron chi connectivity index (χ0n) is 11.6. The van der Waals surface area contributed by atoms with E-state index in [9.17, 15) is 8.42 Å². The minimum atomic E-state index is -3.46. The molecule has 2 aromatic heterocycles.